The molecule has 3 heterocycles. The second kappa shape index (κ2) is 7.96. The Morgan fingerprint density at radius 1 is 1.27 bits per heavy atom. The van der Waals surface area contributed by atoms with Crippen molar-refractivity contribution in [2.24, 2.45) is 0 Å². The van der Waals surface area contributed by atoms with Crippen molar-refractivity contribution in [3.05, 3.63) is 24.1 Å². The van der Waals surface area contributed by atoms with Crippen LogP contribution in [0.2, 0.25) is 0 Å². The highest BCUT2D eigenvalue weighted by atomic mass is 16.5. The first-order chi connectivity index (χ1) is 12.6. The summed E-state index contributed by atoms with van der Waals surface area (Å²) in [6.07, 6.45) is 5.55. The lowest BCUT2D eigenvalue weighted by Crippen LogP contribution is -2.17. The van der Waals surface area contributed by atoms with Crippen molar-refractivity contribution < 1.29 is 14.4 Å². The van der Waals surface area contributed by atoms with Crippen LogP contribution in [0, 0.1) is 6.92 Å². The fourth-order valence-corrected chi connectivity index (χ4v) is 2.84. The summed E-state index contributed by atoms with van der Waals surface area (Å²) in [5.74, 6) is 1.27. The lowest BCUT2D eigenvalue weighted by molar-refractivity contribution is -0.129. The summed E-state index contributed by atoms with van der Waals surface area (Å²) in [5.41, 5.74) is 8.83. The van der Waals surface area contributed by atoms with Crippen molar-refractivity contribution in [1.29, 1.82) is 0 Å². The average molecular weight is 358 g/mol. The number of fused-ring (bicyclic) bond motifs is 1. The average Bonchev–Trinajstić information content (AvgIpc) is 3.23. The second-order valence-corrected chi connectivity index (χ2v) is 6.14. The van der Waals surface area contributed by atoms with Gasteiger partial charge < -0.3 is 10.2 Å². The van der Waals surface area contributed by atoms with Gasteiger partial charge >= 0.3 is 0 Å². The summed E-state index contributed by atoms with van der Waals surface area (Å²) in [5, 5.41) is 13.7. The lowest BCUT2D eigenvalue weighted by Gasteiger charge is -2.05. The van der Waals surface area contributed by atoms with Crippen LogP contribution in [0.1, 0.15) is 37.9 Å². The molecule has 0 saturated carbocycles. The Kier molecular flexibility index (Phi) is 5.47. The summed E-state index contributed by atoms with van der Waals surface area (Å²) in [6, 6.07) is 3.73. The largest absolute Gasteiger partial charge is 0.460 e. The van der Waals surface area contributed by atoms with Gasteiger partial charge in [0.15, 0.2) is 11.4 Å². The molecule has 0 bridgehead atoms. The molecule has 3 rings (SSSR count). The zero-order valence-corrected chi connectivity index (χ0v) is 14.6. The molecule has 0 atom stereocenters. The first-order valence-corrected chi connectivity index (χ1v) is 8.57. The van der Waals surface area contributed by atoms with E-state index >= 15 is 0 Å². The van der Waals surface area contributed by atoms with Crippen molar-refractivity contribution in [3.8, 4) is 11.5 Å². The molecule has 9 heteroatoms. The first kappa shape index (κ1) is 17.9. The van der Waals surface area contributed by atoms with E-state index in [1.165, 1.54) is 0 Å². The molecule has 4 N–H and O–H groups in total. The van der Waals surface area contributed by atoms with Crippen LogP contribution in [0.15, 0.2) is 22.7 Å². The van der Waals surface area contributed by atoms with Crippen LogP contribution >= 0.6 is 0 Å². The van der Waals surface area contributed by atoms with E-state index in [0.717, 1.165) is 36.8 Å². The molecule has 138 valence electrons. The van der Waals surface area contributed by atoms with E-state index in [-0.39, 0.29) is 11.9 Å². The number of carbonyl (C=O) groups excluding carboxylic acids is 1. The SMILES string of the molecule is Cc1ccc(-c2nc(N)nc3c2cnn3CCCCCCC(=O)NO)o1. The number of nitrogen functional groups attached to an aromatic ring is 1. The van der Waals surface area contributed by atoms with Gasteiger partial charge in [-0.3, -0.25) is 10.0 Å². The van der Waals surface area contributed by atoms with Crippen LogP contribution < -0.4 is 11.2 Å². The van der Waals surface area contributed by atoms with Crippen molar-refractivity contribution in [2.75, 3.05) is 5.73 Å². The van der Waals surface area contributed by atoms with Gasteiger partial charge in [0.2, 0.25) is 11.9 Å². The van der Waals surface area contributed by atoms with Gasteiger partial charge in [-0.05, 0) is 31.9 Å². The van der Waals surface area contributed by atoms with Crippen LogP contribution in [-0.2, 0) is 11.3 Å². The number of amides is 1. The molecule has 0 radical (unpaired) electrons. The Morgan fingerprint density at radius 3 is 2.81 bits per heavy atom. The highest BCUT2D eigenvalue weighted by molar-refractivity contribution is 5.89. The number of aryl methyl sites for hydroxylation is 2. The Balaban J connectivity index is 1.67. The molecular formula is C17H22N6O3. The van der Waals surface area contributed by atoms with E-state index in [0.29, 0.717) is 30.1 Å². The Bertz CT molecular complexity index is 901. The predicted molar refractivity (Wildman–Crippen MR) is 95.2 cm³/mol. The van der Waals surface area contributed by atoms with Crippen molar-refractivity contribution >= 4 is 22.9 Å². The molecule has 3 aromatic heterocycles. The molecule has 0 fully saturated rings. The van der Waals surface area contributed by atoms with Crippen molar-refractivity contribution in [3.63, 3.8) is 0 Å². The minimum Gasteiger partial charge on any atom is -0.460 e. The molecule has 0 saturated heterocycles. The molecule has 0 unspecified atom stereocenters. The number of furan rings is 1. The molecule has 1 amide bonds. The second-order valence-electron chi connectivity index (χ2n) is 6.14. The Morgan fingerprint density at radius 2 is 2.08 bits per heavy atom. The zero-order chi connectivity index (χ0) is 18.5. The quantitative estimate of drug-likeness (QED) is 0.320. The molecule has 0 aliphatic carbocycles. The van der Waals surface area contributed by atoms with Crippen LogP contribution in [0.25, 0.3) is 22.5 Å². The summed E-state index contributed by atoms with van der Waals surface area (Å²) in [7, 11) is 0. The number of unbranched alkanes of at least 4 members (excludes halogenated alkanes) is 3. The molecule has 26 heavy (non-hydrogen) atoms. The summed E-state index contributed by atoms with van der Waals surface area (Å²) >= 11 is 0. The van der Waals surface area contributed by atoms with Crippen LogP contribution in [0.4, 0.5) is 5.95 Å². The maximum absolute atomic E-state index is 11.0. The number of anilines is 1. The normalized spacial score (nSPS) is 11.2. The zero-order valence-electron chi connectivity index (χ0n) is 14.6. The number of carbonyl (C=O) groups is 1. The van der Waals surface area contributed by atoms with Gasteiger partial charge in [-0.1, -0.05) is 12.8 Å². The van der Waals surface area contributed by atoms with E-state index in [2.05, 4.69) is 15.1 Å². The van der Waals surface area contributed by atoms with Crippen molar-refractivity contribution in [1.82, 2.24) is 25.2 Å². The highest BCUT2D eigenvalue weighted by Crippen LogP contribution is 2.28. The molecule has 0 aromatic carbocycles. The number of hydroxylamine groups is 1. The fraction of sp³-hybridized carbons (Fsp3) is 0.412. The number of nitrogens with two attached hydrogens (primary N) is 1. The summed E-state index contributed by atoms with van der Waals surface area (Å²) < 4.78 is 7.48. The number of hydrogen-bond acceptors (Lipinski definition) is 7. The van der Waals surface area contributed by atoms with Gasteiger partial charge in [-0.15, -0.1) is 0 Å². The van der Waals surface area contributed by atoms with E-state index in [1.54, 1.807) is 11.7 Å². The number of rotatable bonds is 8. The number of nitrogens with zero attached hydrogens (tertiary/aromatic N) is 4. The van der Waals surface area contributed by atoms with E-state index in [1.807, 2.05) is 23.7 Å². The minimum absolute atomic E-state index is 0.179. The molecule has 0 spiro atoms. The topological polar surface area (TPSA) is 132 Å². The number of hydrogen-bond donors (Lipinski definition) is 3. The maximum atomic E-state index is 11.0. The summed E-state index contributed by atoms with van der Waals surface area (Å²) in [4.78, 5) is 19.6. The Hall–Kier alpha value is -2.94. The molecular weight excluding hydrogens is 336 g/mol. The Labute approximate surface area is 150 Å². The molecule has 0 aliphatic heterocycles. The fourth-order valence-electron chi connectivity index (χ4n) is 2.84. The van der Waals surface area contributed by atoms with Crippen LogP contribution in [-0.4, -0.2) is 30.9 Å². The van der Waals surface area contributed by atoms with E-state index in [4.69, 9.17) is 15.4 Å². The minimum atomic E-state index is -0.351. The van der Waals surface area contributed by atoms with Crippen LogP contribution in [0.5, 0.6) is 0 Å². The first-order valence-electron chi connectivity index (χ1n) is 8.57. The highest BCUT2D eigenvalue weighted by Gasteiger charge is 2.15. The third-order valence-electron chi connectivity index (χ3n) is 4.14. The lowest BCUT2D eigenvalue weighted by atomic mass is 10.1. The van der Waals surface area contributed by atoms with E-state index < -0.39 is 0 Å². The number of aromatic nitrogens is 4. The van der Waals surface area contributed by atoms with Gasteiger partial charge in [0.1, 0.15) is 11.5 Å². The summed E-state index contributed by atoms with van der Waals surface area (Å²) in [6.45, 7) is 2.57. The molecule has 3 aromatic rings. The van der Waals surface area contributed by atoms with E-state index in [9.17, 15) is 4.79 Å². The number of nitrogens with one attached hydrogen (secondary N) is 1. The van der Waals surface area contributed by atoms with Crippen molar-refractivity contribution in [2.45, 2.75) is 45.6 Å². The van der Waals surface area contributed by atoms with Gasteiger partial charge in [-0.2, -0.15) is 10.1 Å². The van der Waals surface area contributed by atoms with Gasteiger partial charge in [-0.25, -0.2) is 15.1 Å². The standard InChI is InChI=1S/C17H22N6O3/c1-11-7-8-13(26-11)15-12-10-19-23(16(12)21-17(18)20-15)9-5-3-2-4-6-14(24)22-25/h7-8,10,25H,2-6,9H2,1H3,(H,22,24)(H2,18,20,21). The predicted octanol–water partition coefficient (Wildman–Crippen LogP) is 2.43. The van der Waals surface area contributed by atoms with Gasteiger partial charge in [0, 0.05) is 13.0 Å². The smallest absolute Gasteiger partial charge is 0.243 e. The molecule has 9 nitrogen and oxygen atoms in total. The molecule has 0 aliphatic rings. The van der Waals surface area contributed by atoms with Crippen LogP contribution in [0.3, 0.4) is 0 Å². The maximum Gasteiger partial charge on any atom is 0.243 e. The van der Waals surface area contributed by atoms with Gasteiger partial charge in [0.05, 0.1) is 11.6 Å². The monoisotopic (exact) mass is 358 g/mol. The van der Waals surface area contributed by atoms with Gasteiger partial charge in [0.25, 0.3) is 0 Å². The third kappa shape index (κ3) is 3.99. The third-order valence-corrected chi connectivity index (χ3v) is 4.14.